The average molecular weight is 459 g/mol. The van der Waals surface area contributed by atoms with Gasteiger partial charge in [-0.15, -0.1) is 0 Å². The molecule has 6 rings (SSSR count). The van der Waals surface area contributed by atoms with Crippen molar-refractivity contribution in [2.45, 2.75) is 44.4 Å². The predicted octanol–water partition coefficient (Wildman–Crippen LogP) is 4.81. The molecule has 0 saturated heterocycles. The third kappa shape index (κ3) is 4.03. The van der Waals surface area contributed by atoms with E-state index in [2.05, 4.69) is 32.7 Å². The standard InChI is InChI=1S/C25H26N6O3/c1-15-13-26-9-2-3-19-23(15)27-14-28-24(19)33-18-6-7-20-17(11-18)8-10-31(20)25(32)29-22-12-21(34-30-22)16-4-5-16/h6-8,10-12,14-16,26H,2-5,9,13H2,1H3,(H,29,30,32)/t15-/m1/s1. The van der Waals surface area contributed by atoms with Crippen molar-refractivity contribution in [2.24, 2.45) is 0 Å². The molecule has 1 fully saturated rings. The van der Waals surface area contributed by atoms with E-state index in [9.17, 15) is 4.79 Å². The number of fused-ring (bicyclic) bond motifs is 2. The van der Waals surface area contributed by atoms with Crippen molar-refractivity contribution < 1.29 is 14.1 Å². The highest BCUT2D eigenvalue weighted by molar-refractivity contribution is 5.98. The number of carbonyl (C=O) groups is 1. The van der Waals surface area contributed by atoms with Gasteiger partial charge in [-0.25, -0.2) is 14.8 Å². The molecule has 4 heterocycles. The Hall–Kier alpha value is -3.72. The van der Waals surface area contributed by atoms with Gasteiger partial charge in [-0.1, -0.05) is 12.1 Å². The number of anilines is 1. The van der Waals surface area contributed by atoms with Gasteiger partial charge >= 0.3 is 6.03 Å². The summed E-state index contributed by atoms with van der Waals surface area (Å²) in [6.07, 6.45) is 7.41. The van der Waals surface area contributed by atoms with Gasteiger partial charge in [0.1, 0.15) is 17.8 Å². The second kappa shape index (κ2) is 8.57. The second-order valence-electron chi connectivity index (χ2n) is 9.08. The Morgan fingerprint density at radius 3 is 3.03 bits per heavy atom. The van der Waals surface area contributed by atoms with E-state index >= 15 is 0 Å². The fourth-order valence-corrected chi connectivity index (χ4v) is 4.51. The van der Waals surface area contributed by atoms with Gasteiger partial charge in [0.15, 0.2) is 5.82 Å². The topological polar surface area (TPSA) is 107 Å². The largest absolute Gasteiger partial charge is 0.439 e. The first-order chi connectivity index (χ1) is 16.7. The Balaban J connectivity index is 1.23. The van der Waals surface area contributed by atoms with E-state index in [4.69, 9.17) is 9.26 Å². The van der Waals surface area contributed by atoms with E-state index in [1.807, 2.05) is 24.3 Å². The molecule has 34 heavy (non-hydrogen) atoms. The molecule has 1 aliphatic carbocycles. The highest BCUT2D eigenvalue weighted by Gasteiger charge is 2.28. The van der Waals surface area contributed by atoms with Gasteiger partial charge in [0.2, 0.25) is 5.88 Å². The number of nitrogens with one attached hydrogen (secondary N) is 2. The van der Waals surface area contributed by atoms with E-state index in [0.717, 1.165) is 66.7 Å². The number of nitrogens with zero attached hydrogens (tertiary/aromatic N) is 4. The Kier molecular flexibility index (Phi) is 5.26. The van der Waals surface area contributed by atoms with E-state index < -0.39 is 0 Å². The molecule has 0 spiro atoms. The molecule has 0 unspecified atom stereocenters. The number of aromatic nitrogens is 4. The fraction of sp³-hybridized carbons (Fsp3) is 0.360. The molecule has 2 N–H and O–H groups in total. The molecule has 3 aromatic heterocycles. The Labute approximate surface area is 196 Å². The molecule has 9 heteroatoms. The van der Waals surface area contributed by atoms with Gasteiger partial charge in [-0.2, -0.15) is 0 Å². The monoisotopic (exact) mass is 458 g/mol. The highest BCUT2D eigenvalue weighted by atomic mass is 16.5. The summed E-state index contributed by atoms with van der Waals surface area (Å²) >= 11 is 0. The third-order valence-corrected chi connectivity index (χ3v) is 6.47. The van der Waals surface area contributed by atoms with Crippen LogP contribution in [0.2, 0.25) is 0 Å². The maximum absolute atomic E-state index is 12.8. The summed E-state index contributed by atoms with van der Waals surface area (Å²) in [4.78, 5) is 21.8. The number of amides is 1. The summed E-state index contributed by atoms with van der Waals surface area (Å²) in [5.74, 6) is 3.27. The summed E-state index contributed by atoms with van der Waals surface area (Å²) in [5.41, 5.74) is 2.89. The lowest BCUT2D eigenvalue weighted by Crippen LogP contribution is -2.25. The lowest BCUT2D eigenvalue weighted by atomic mass is 9.97. The van der Waals surface area contributed by atoms with E-state index in [-0.39, 0.29) is 6.03 Å². The Morgan fingerprint density at radius 1 is 1.24 bits per heavy atom. The summed E-state index contributed by atoms with van der Waals surface area (Å²) in [5, 5.41) is 11.1. The van der Waals surface area contributed by atoms with Crippen molar-refractivity contribution in [2.75, 3.05) is 18.4 Å². The quantitative estimate of drug-likeness (QED) is 0.452. The van der Waals surface area contributed by atoms with Crippen molar-refractivity contribution >= 4 is 22.8 Å². The molecular formula is C25H26N6O3. The van der Waals surface area contributed by atoms with E-state index in [1.165, 1.54) is 0 Å². The summed E-state index contributed by atoms with van der Waals surface area (Å²) < 4.78 is 13.1. The molecule has 9 nitrogen and oxygen atoms in total. The minimum absolute atomic E-state index is 0.292. The van der Waals surface area contributed by atoms with Crippen LogP contribution < -0.4 is 15.4 Å². The van der Waals surface area contributed by atoms with Crippen LogP contribution in [0.1, 0.15) is 55.0 Å². The average Bonchev–Trinajstić information content (AvgIpc) is 3.43. The fourth-order valence-electron chi connectivity index (χ4n) is 4.51. The smallest absolute Gasteiger partial charge is 0.331 e. The maximum atomic E-state index is 12.8. The minimum atomic E-state index is -0.293. The van der Waals surface area contributed by atoms with Crippen LogP contribution in [0.3, 0.4) is 0 Å². The van der Waals surface area contributed by atoms with E-state index in [1.54, 1.807) is 23.2 Å². The van der Waals surface area contributed by atoms with Crippen molar-refractivity contribution in [3.8, 4) is 11.6 Å². The molecule has 174 valence electrons. The molecule has 1 amide bonds. The zero-order valence-electron chi connectivity index (χ0n) is 19.0. The highest BCUT2D eigenvalue weighted by Crippen LogP contribution is 2.40. The van der Waals surface area contributed by atoms with Gasteiger partial charge in [-0.3, -0.25) is 9.88 Å². The van der Waals surface area contributed by atoms with Gasteiger partial charge < -0.3 is 14.6 Å². The molecule has 1 saturated carbocycles. The van der Waals surface area contributed by atoms with Gasteiger partial charge in [0.05, 0.1) is 11.2 Å². The molecule has 0 bridgehead atoms. The molecular weight excluding hydrogens is 432 g/mol. The minimum Gasteiger partial charge on any atom is -0.439 e. The van der Waals surface area contributed by atoms with Crippen LogP contribution in [0.25, 0.3) is 10.9 Å². The van der Waals surface area contributed by atoms with Crippen LogP contribution in [-0.2, 0) is 6.42 Å². The Morgan fingerprint density at radius 2 is 2.15 bits per heavy atom. The van der Waals surface area contributed by atoms with Crippen LogP contribution in [0, 0.1) is 0 Å². The summed E-state index contributed by atoms with van der Waals surface area (Å²) in [7, 11) is 0. The van der Waals surface area contributed by atoms with Gasteiger partial charge in [0, 0.05) is 41.6 Å². The number of carbonyl (C=O) groups excluding carboxylic acids is 1. The van der Waals surface area contributed by atoms with Crippen LogP contribution in [-0.4, -0.2) is 38.8 Å². The SMILES string of the molecule is C[C@@H]1CNCCCc2c(Oc3ccc4c(ccn4C(=O)Nc4cc(C5CC5)on4)c3)ncnc21. The molecule has 1 aliphatic heterocycles. The molecule has 4 aromatic rings. The maximum Gasteiger partial charge on any atom is 0.331 e. The van der Waals surface area contributed by atoms with Crippen LogP contribution >= 0.6 is 0 Å². The summed E-state index contributed by atoms with van der Waals surface area (Å²) in [6, 6.07) is 9.05. The van der Waals surface area contributed by atoms with Crippen LogP contribution in [0.15, 0.2) is 47.4 Å². The van der Waals surface area contributed by atoms with Gasteiger partial charge in [0.25, 0.3) is 0 Å². The Bertz CT molecular complexity index is 1360. The number of ether oxygens (including phenoxy) is 1. The second-order valence-corrected chi connectivity index (χ2v) is 9.08. The molecule has 1 atom stereocenters. The van der Waals surface area contributed by atoms with E-state index in [0.29, 0.717) is 29.3 Å². The number of benzene rings is 1. The zero-order valence-corrected chi connectivity index (χ0v) is 19.0. The first kappa shape index (κ1) is 20.9. The number of hydrogen-bond acceptors (Lipinski definition) is 7. The lowest BCUT2D eigenvalue weighted by molar-refractivity contribution is 0.254. The van der Waals surface area contributed by atoms with Crippen LogP contribution in [0.5, 0.6) is 11.6 Å². The normalized spacial score (nSPS) is 18.2. The first-order valence-corrected chi connectivity index (χ1v) is 11.8. The van der Waals surface area contributed by atoms with Crippen molar-refractivity contribution in [1.82, 2.24) is 25.0 Å². The zero-order chi connectivity index (χ0) is 23.1. The third-order valence-electron chi connectivity index (χ3n) is 6.47. The molecule has 2 aliphatic rings. The predicted molar refractivity (Wildman–Crippen MR) is 127 cm³/mol. The first-order valence-electron chi connectivity index (χ1n) is 11.8. The molecule has 0 radical (unpaired) electrons. The van der Waals surface area contributed by atoms with Crippen molar-refractivity contribution in [3.63, 3.8) is 0 Å². The van der Waals surface area contributed by atoms with Crippen molar-refractivity contribution in [3.05, 3.63) is 59.9 Å². The number of hydrogen-bond donors (Lipinski definition) is 2. The molecule has 1 aromatic carbocycles. The van der Waals surface area contributed by atoms with Crippen molar-refractivity contribution in [1.29, 1.82) is 0 Å². The lowest BCUT2D eigenvalue weighted by Gasteiger charge is -2.21. The van der Waals surface area contributed by atoms with Gasteiger partial charge in [-0.05, 0) is 56.5 Å². The number of rotatable bonds is 4. The summed E-state index contributed by atoms with van der Waals surface area (Å²) in [6.45, 7) is 4.02. The van der Waals surface area contributed by atoms with Crippen LogP contribution in [0.4, 0.5) is 10.6 Å².